The van der Waals surface area contributed by atoms with E-state index in [0.717, 1.165) is 26.2 Å². The Balaban J connectivity index is 0.00000180. The average Bonchev–Trinajstić information content (AvgIpc) is 2.41. The van der Waals surface area contributed by atoms with E-state index < -0.39 is 5.75 Å². The molecule has 108 valence electrons. The van der Waals surface area contributed by atoms with E-state index in [2.05, 4.69) is 5.32 Å². The Labute approximate surface area is 117 Å². The molecule has 0 saturated carbocycles. The van der Waals surface area contributed by atoms with E-state index in [-0.39, 0.29) is 36.6 Å². The third kappa shape index (κ3) is 3.22. The zero-order chi connectivity index (χ0) is 13.1. The average molecular weight is 291 g/mol. The highest BCUT2D eigenvalue weighted by molar-refractivity contribution is 5.85. The van der Waals surface area contributed by atoms with Gasteiger partial charge in [-0.1, -0.05) is 0 Å². The number of aromatic hydroxyl groups is 3. The second-order valence-electron chi connectivity index (χ2n) is 4.36. The molecular formula is C12H19ClN2O4. The second kappa shape index (κ2) is 6.81. The molecule has 2 rings (SSSR count). The summed E-state index contributed by atoms with van der Waals surface area (Å²) in [7, 11) is 0. The smallest absolute Gasteiger partial charge is 0.200 e. The van der Waals surface area contributed by atoms with Gasteiger partial charge in [0.15, 0.2) is 11.5 Å². The highest BCUT2D eigenvalue weighted by Gasteiger charge is 2.25. The molecule has 5 N–H and O–H groups in total. The molecule has 19 heavy (non-hydrogen) atoms. The van der Waals surface area contributed by atoms with Crippen LogP contribution in [0, 0.1) is 0 Å². The van der Waals surface area contributed by atoms with Crippen LogP contribution in [0.4, 0.5) is 0 Å². The first-order chi connectivity index (χ1) is 8.65. The third-order valence-electron chi connectivity index (χ3n) is 3.29. The van der Waals surface area contributed by atoms with E-state index in [9.17, 15) is 20.4 Å². The van der Waals surface area contributed by atoms with E-state index in [0.29, 0.717) is 5.56 Å². The molecule has 0 bridgehead atoms. The summed E-state index contributed by atoms with van der Waals surface area (Å²) < 4.78 is 0. The van der Waals surface area contributed by atoms with Gasteiger partial charge in [0.05, 0.1) is 12.6 Å². The SMILES string of the molecule is Cl.OC[C@H](c1ccc(O)c(O)c1O)N1CCNCC1. The Morgan fingerprint density at radius 3 is 2.32 bits per heavy atom. The fourth-order valence-electron chi connectivity index (χ4n) is 2.26. The van der Waals surface area contributed by atoms with Crippen molar-refractivity contribution in [1.82, 2.24) is 10.2 Å². The Bertz CT molecular complexity index is 424. The van der Waals surface area contributed by atoms with E-state index >= 15 is 0 Å². The van der Waals surface area contributed by atoms with Gasteiger partial charge in [-0.15, -0.1) is 12.4 Å². The van der Waals surface area contributed by atoms with Gasteiger partial charge in [-0.3, -0.25) is 4.90 Å². The molecule has 1 fully saturated rings. The van der Waals surface area contributed by atoms with E-state index in [4.69, 9.17) is 0 Å². The molecule has 1 aliphatic heterocycles. The van der Waals surface area contributed by atoms with Crippen LogP contribution in [-0.4, -0.2) is 58.1 Å². The minimum absolute atomic E-state index is 0. The number of benzene rings is 1. The number of piperazine rings is 1. The van der Waals surface area contributed by atoms with Crippen molar-refractivity contribution < 1.29 is 20.4 Å². The number of hydrogen-bond donors (Lipinski definition) is 5. The van der Waals surface area contributed by atoms with Crippen molar-refractivity contribution in [2.75, 3.05) is 32.8 Å². The van der Waals surface area contributed by atoms with Crippen LogP contribution in [0.25, 0.3) is 0 Å². The molecule has 1 aromatic rings. The summed E-state index contributed by atoms with van der Waals surface area (Å²) in [5.41, 5.74) is 0.426. The predicted molar refractivity (Wildman–Crippen MR) is 73.0 cm³/mol. The van der Waals surface area contributed by atoms with Gasteiger partial charge in [0.25, 0.3) is 0 Å². The minimum atomic E-state index is -0.541. The van der Waals surface area contributed by atoms with Crippen LogP contribution in [0.5, 0.6) is 17.2 Å². The first kappa shape index (κ1) is 15.8. The van der Waals surface area contributed by atoms with Gasteiger partial charge in [-0.25, -0.2) is 0 Å². The summed E-state index contributed by atoms with van der Waals surface area (Å²) in [6.45, 7) is 3.00. The molecule has 0 aromatic heterocycles. The maximum atomic E-state index is 9.85. The van der Waals surface area contributed by atoms with Gasteiger partial charge >= 0.3 is 0 Å². The summed E-state index contributed by atoms with van der Waals surface area (Å²) in [6.07, 6.45) is 0. The number of hydrogen-bond acceptors (Lipinski definition) is 6. The van der Waals surface area contributed by atoms with Crippen LogP contribution >= 0.6 is 12.4 Å². The van der Waals surface area contributed by atoms with Crippen LogP contribution in [0.2, 0.25) is 0 Å². The molecule has 1 aliphatic rings. The van der Waals surface area contributed by atoms with Gasteiger partial charge in [0, 0.05) is 31.7 Å². The maximum absolute atomic E-state index is 9.85. The Kier molecular flexibility index (Phi) is 5.68. The van der Waals surface area contributed by atoms with E-state index in [1.54, 1.807) is 0 Å². The molecule has 1 aromatic carbocycles. The number of nitrogens with one attached hydrogen (secondary N) is 1. The largest absolute Gasteiger partial charge is 0.504 e. The first-order valence-electron chi connectivity index (χ1n) is 5.94. The van der Waals surface area contributed by atoms with Crippen molar-refractivity contribution in [2.24, 2.45) is 0 Å². The van der Waals surface area contributed by atoms with Gasteiger partial charge in [-0.05, 0) is 12.1 Å². The summed E-state index contributed by atoms with van der Waals surface area (Å²) in [5, 5.41) is 41.4. The molecular weight excluding hydrogens is 272 g/mol. The van der Waals surface area contributed by atoms with E-state index in [1.807, 2.05) is 4.90 Å². The fourth-order valence-corrected chi connectivity index (χ4v) is 2.26. The lowest BCUT2D eigenvalue weighted by Gasteiger charge is -2.34. The zero-order valence-corrected chi connectivity index (χ0v) is 11.2. The molecule has 0 radical (unpaired) electrons. The Hall–Kier alpha value is -1.21. The number of nitrogens with zero attached hydrogens (tertiary/aromatic N) is 1. The van der Waals surface area contributed by atoms with Crippen molar-refractivity contribution >= 4 is 12.4 Å². The van der Waals surface area contributed by atoms with Crippen LogP contribution < -0.4 is 5.32 Å². The van der Waals surface area contributed by atoms with Crippen molar-refractivity contribution in [3.63, 3.8) is 0 Å². The number of phenolic OH excluding ortho intramolecular Hbond substituents is 3. The van der Waals surface area contributed by atoms with Crippen molar-refractivity contribution in [1.29, 1.82) is 0 Å². The summed E-state index contributed by atoms with van der Waals surface area (Å²) in [4.78, 5) is 2.03. The normalized spacial score (nSPS) is 17.7. The van der Waals surface area contributed by atoms with Gasteiger partial charge in [0.1, 0.15) is 0 Å². The minimum Gasteiger partial charge on any atom is -0.504 e. The molecule has 6 nitrogen and oxygen atoms in total. The molecule has 1 saturated heterocycles. The monoisotopic (exact) mass is 290 g/mol. The quantitative estimate of drug-likeness (QED) is 0.509. The van der Waals surface area contributed by atoms with Crippen LogP contribution in [0.1, 0.15) is 11.6 Å². The molecule has 7 heteroatoms. The van der Waals surface area contributed by atoms with Crippen LogP contribution in [0.15, 0.2) is 12.1 Å². The number of rotatable bonds is 3. The van der Waals surface area contributed by atoms with Crippen LogP contribution in [-0.2, 0) is 0 Å². The molecule has 1 atom stereocenters. The number of aliphatic hydroxyl groups excluding tert-OH is 1. The number of phenols is 3. The van der Waals surface area contributed by atoms with Gasteiger partial charge in [-0.2, -0.15) is 0 Å². The standard InChI is InChI=1S/C12H18N2O4.ClH/c15-7-9(14-5-3-13-4-6-14)8-1-2-10(16)12(18)11(8)17;/h1-2,9,13,15-18H,3-7H2;1H/t9-;/m1./s1. The topological polar surface area (TPSA) is 96.2 Å². The summed E-state index contributed by atoms with van der Waals surface area (Å²) >= 11 is 0. The number of halogens is 1. The predicted octanol–water partition coefficient (Wildman–Crippen LogP) is 0.164. The van der Waals surface area contributed by atoms with Gasteiger partial charge < -0.3 is 25.7 Å². The Morgan fingerprint density at radius 2 is 1.74 bits per heavy atom. The van der Waals surface area contributed by atoms with Gasteiger partial charge in [0.2, 0.25) is 5.75 Å². The molecule has 0 spiro atoms. The molecule has 1 heterocycles. The molecule has 0 unspecified atom stereocenters. The molecule has 0 amide bonds. The lowest BCUT2D eigenvalue weighted by molar-refractivity contribution is 0.108. The van der Waals surface area contributed by atoms with Crippen molar-refractivity contribution in [3.05, 3.63) is 17.7 Å². The molecule has 0 aliphatic carbocycles. The summed E-state index contributed by atoms with van der Waals surface area (Å²) in [5.74, 6) is -1.28. The zero-order valence-electron chi connectivity index (χ0n) is 10.4. The lowest BCUT2D eigenvalue weighted by atomic mass is 10.0. The first-order valence-corrected chi connectivity index (χ1v) is 5.94. The second-order valence-corrected chi connectivity index (χ2v) is 4.36. The lowest BCUT2D eigenvalue weighted by Crippen LogP contribution is -2.46. The maximum Gasteiger partial charge on any atom is 0.200 e. The highest BCUT2D eigenvalue weighted by Crippen LogP contribution is 2.41. The van der Waals surface area contributed by atoms with Crippen molar-refractivity contribution in [2.45, 2.75) is 6.04 Å². The third-order valence-corrected chi connectivity index (χ3v) is 3.29. The van der Waals surface area contributed by atoms with E-state index in [1.165, 1.54) is 12.1 Å². The number of aliphatic hydroxyl groups is 1. The fraction of sp³-hybridized carbons (Fsp3) is 0.500. The summed E-state index contributed by atoms with van der Waals surface area (Å²) in [6, 6.07) is 2.46. The van der Waals surface area contributed by atoms with Crippen LogP contribution in [0.3, 0.4) is 0 Å². The van der Waals surface area contributed by atoms with Crippen molar-refractivity contribution in [3.8, 4) is 17.2 Å². The highest BCUT2D eigenvalue weighted by atomic mass is 35.5. The Morgan fingerprint density at radius 1 is 1.11 bits per heavy atom.